The highest BCUT2D eigenvalue weighted by atomic mass is 16.5. The second-order valence-electron chi connectivity index (χ2n) is 6.10. The van der Waals surface area contributed by atoms with E-state index in [9.17, 15) is 4.79 Å². The molecule has 2 aliphatic rings. The number of aromatic nitrogens is 2. The molecule has 0 bridgehead atoms. The van der Waals surface area contributed by atoms with Crippen LogP contribution < -0.4 is 10.6 Å². The first-order valence-electron chi connectivity index (χ1n) is 8.26. The van der Waals surface area contributed by atoms with Crippen molar-refractivity contribution in [3.63, 3.8) is 0 Å². The van der Waals surface area contributed by atoms with Crippen LogP contribution in [0.2, 0.25) is 0 Å². The van der Waals surface area contributed by atoms with Crippen molar-refractivity contribution < 1.29 is 18.8 Å². The van der Waals surface area contributed by atoms with Gasteiger partial charge in [-0.25, -0.2) is 4.79 Å². The van der Waals surface area contributed by atoms with E-state index in [0.717, 1.165) is 32.3 Å². The third-order valence-corrected chi connectivity index (χ3v) is 4.35. The van der Waals surface area contributed by atoms with Gasteiger partial charge in [-0.3, -0.25) is 0 Å². The van der Waals surface area contributed by atoms with Gasteiger partial charge >= 0.3 is 6.03 Å². The number of nitrogens with one attached hydrogen (secondary N) is 2. The van der Waals surface area contributed by atoms with E-state index in [4.69, 9.17) is 14.0 Å². The maximum atomic E-state index is 12.2. The van der Waals surface area contributed by atoms with Crippen LogP contribution in [0.3, 0.4) is 0 Å². The smallest absolute Gasteiger partial charge is 0.315 e. The third-order valence-electron chi connectivity index (χ3n) is 4.35. The number of hydrogen-bond acceptors (Lipinski definition) is 6. The molecule has 2 aliphatic heterocycles. The Morgan fingerprint density at radius 1 is 1.30 bits per heavy atom. The Morgan fingerprint density at radius 2 is 2.13 bits per heavy atom. The zero-order chi connectivity index (χ0) is 16.1. The molecule has 2 amide bonds. The van der Waals surface area contributed by atoms with E-state index in [1.54, 1.807) is 6.92 Å². The molecule has 0 aliphatic carbocycles. The second-order valence-corrected chi connectivity index (χ2v) is 6.10. The molecule has 0 spiro atoms. The predicted molar refractivity (Wildman–Crippen MR) is 80.8 cm³/mol. The molecule has 2 saturated heterocycles. The van der Waals surface area contributed by atoms with Gasteiger partial charge in [-0.05, 0) is 38.5 Å². The molecular formula is C15H24N4O4. The fourth-order valence-electron chi connectivity index (χ4n) is 3.07. The van der Waals surface area contributed by atoms with Crippen molar-refractivity contribution in [2.24, 2.45) is 5.92 Å². The van der Waals surface area contributed by atoms with E-state index in [1.807, 2.05) is 0 Å². The Hall–Kier alpha value is -1.67. The third kappa shape index (κ3) is 4.42. The van der Waals surface area contributed by atoms with Crippen molar-refractivity contribution in [1.29, 1.82) is 0 Å². The lowest BCUT2D eigenvalue weighted by Crippen LogP contribution is -2.44. The Labute approximate surface area is 135 Å². The number of hydrogen-bond donors (Lipinski definition) is 2. The highest BCUT2D eigenvalue weighted by Crippen LogP contribution is 2.29. The van der Waals surface area contributed by atoms with Gasteiger partial charge in [0, 0.05) is 26.4 Å². The van der Waals surface area contributed by atoms with E-state index in [2.05, 4.69) is 20.8 Å². The van der Waals surface area contributed by atoms with Crippen molar-refractivity contribution in [3.8, 4) is 0 Å². The van der Waals surface area contributed by atoms with Crippen LogP contribution >= 0.6 is 0 Å². The molecule has 3 rings (SSSR count). The van der Waals surface area contributed by atoms with Gasteiger partial charge in [0.25, 0.3) is 0 Å². The zero-order valence-electron chi connectivity index (χ0n) is 13.4. The molecule has 3 heterocycles. The molecule has 2 N–H and O–H groups in total. The molecule has 1 aromatic heterocycles. The minimum Gasteiger partial charge on any atom is -0.381 e. The van der Waals surface area contributed by atoms with Crippen LogP contribution in [0.4, 0.5) is 4.79 Å². The molecular weight excluding hydrogens is 300 g/mol. The maximum absolute atomic E-state index is 12.2. The van der Waals surface area contributed by atoms with Crippen LogP contribution in [0, 0.1) is 12.8 Å². The van der Waals surface area contributed by atoms with Crippen LogP contribution in [0.5, 0.6) is 0 Å². The monoisotopic (exact) mass is 324 g/mol. The Morgan fingerprint density at radius 3 is 2.78 bits per heavy atom. The summed E-state index contributed by atoms with van der Waals surface area (Å²) in [5.41, 5.74) is 0. The van der Waals surface area contributed by atoms with Crippen molar-refractivity contribution >= 4 is 6.03 Å². The van der Waals surface area contributed by atoms with Gasteiger partial charge in [-0.2, -0.15) is 4.98 Å². The summed E-state index contributed by atoms with van der Waals surface area (Å²) < 4.78 is 16.2. The van der Waals surface area contributed by atoms with Crippen LogP contribution in [0.25, 0.3) is 0 Å². The summed E-state index contributed by atoms with van der Waals surface area (Å²) in [6.07, 6.45) is 3.88. The number of carbonyl (C=O) groups excluding carboxylic acids is 1. The fourth-order valence-corrected chi connectivity index (χ4v) is 3.07. The Bertz CT molecular complexity index is 509. The van der Waals surface area contributed by atoms with Crippen molar-refractivity contribution in [2.45, 2.75) is 44.8 Å². The Balaban J connectivity index is 1.59. The molecule has 1 aromatic rings. The minimum atomic E-state index is -0.287. The van der Waals surface area contributed by atoms with Gasteiger partial charge < -0.3 is 24.6 Å². The molecule has 0 unspecified atom stereocenters. The van der Waals surface area contributed by atoms with Crippen LogP contribution in [-0.2, 0) is 9.47 Å². The minimum absolute atomic E-state index is 0.118. The van der Waals surface area contributed by atoms with Crippen molar-refractivity contribution in [2.75, 3.05) is 26.4 Å². The quantitative estimate of drug-likeness (QED) is 0.848. The van der Waals surface area contributed by atoms with E-state index >= 15 is 0 Å². The SMILES string of the molecule is Cc1noc([C@@H](NC(=O)NC[C@@H]2CCCO2)C2CCOCC2)n1. The number of urea groups is 1. The summed E-state index contributed by atoms with van der Waals surface area (Å²) in [5, 5.41) is 9.70. The van der Waals surface area contributed by atoms with Gasteiger partial charge in [0.2, 0.25) is 5.89 Å². The van der Waals surface area contributed by atoms with Crippen LogP contribution in [0.15, 0.2) is 4.52 Å². The summed E-state index contributed by atoms with van der Waals surface area (Å²) in [6.45, 7) is 4.45. The average Bonchev–Trinajstić information content (AvgIpc) is 3.23. The molecule has 2 fully saturated rings. The Kier molecular flexibility index (Phi) is 5.45. The van der Waals surface area contributed by atoms with E-state index in [0.29, 0.717) is 31.5 Å². The molecule has 8 nitrogen and oxygen atoms in total. The zero-order valence-corrected chi connectivity index (χ0v) is 13.4. The fraction of sp³-hybridized carbons (Fsp3) is 0.800. The van der Waals surface area contributed by atoms with Gasteiger partial charge in [0.05, 0.1) is 6.10 Å². The summed E-state index contributed by atoms with van der Waals surface area (Å²) >= 11 is 0. The molecule has 128 valence electrons. The number of nitrogens with zero attached hydrogens (tertiary/aromatic N) is 2. The molecule has 8 heteroatoms. The standard InChI is InChI=1S/C15H24N4O4/c1-10-17-14(23-19-10)13(11-4-7-21-8-5-11)18-15(20)16-9-12-3-2-6-22-12/h11-13H,2-9H2,1H3,(H2,16,18,20)/t12-,13-/m0/s1. The van der Waals surface area contributed by atoms with Gasteiger partial charge in [0.1, 0.15) is 6.04 Å². The van der Waals surface area contributed by atoms with Crippen molar-refractivity contribution in [3.05, 3.63) is 11.7 Å². The first-order chi connectivity index (χ1) is 11.2. The lowest BCUT2D eigenvalue weighted by Gasteiger charge is -2.28. The van der Waals surface area contributed by atoms with E-state index in [1.165, 1.54) is 0 Å². The molecule has 0 aromatic carbocycles. The van der Waals surface area contributed by atoms with Gasteiger partial charge in [-0.15, -0.1) is 0 Å². The number of carbonyl (C=O) groups is 1. The summed E-state index contributed by atoms with van der Waals surface area (Å²) in [7, 11) is 0. The van der Waals surface area contributed by atoms with Gasteiger partial charge in [-0.1, -0.05) is 5.16 Å². The summed E-state index contributed by atoms with van der Waals surface area (Å²) in [5.74, 6) is 1.26. The lowest BCUT2D eigenvalue weighted by molar-refractivity contribution is 0.0501. The molecule has 0 radical (unpaired) electrons. The van der Waals surface area contributed by atoms with Crippen LogP contribution in [-0.4, -0.2) is 48.6 Å². The molecule has 23 heavy (non-hydrogen) atoms. The van der Waals surface area contributed by atoms with Gasteiger partial charge in [0.15, 0.2) is 5.82 Å². The normalized spacial score (nSPS) is 23.6. The highest BCUT2D eigenvalue weighted by Gasteiger charge is 2.31. The average molecular weight is 324 g/mol. The number of ether oxygens (including phenoxy) is 2. The first kappa shape index (κ1) is 16.2. The van der Waals surface area contributed by atoms with E-state index < -0.39 is 0 Å². The molecule has 2 atom stereocenters. The highest BCUT2D eigenvalue weighted by molar-refractivity contribution is 5.74. The number of aryl methyl sites for hydroxylation is 1. The predicted octanol–water partition coefficient (Wildman–Crippen LogP) is 1.32. The number of rotatable bonds is 5. The van der Waals surface area contributed by atoms with Crippen LogP contribution in [0.1, 0.15) is 43.4 Å². The second kappa shape index (κ2) is 7.74. The maximum Gasteiger partial charge on any atom is 0.315 e. The topological polar surface area (TPSA) is 98.5 Å². The van der Waals surface area contributed by atoms with E-state index in [-0.39, 0.29) is 24.1 Å². The lowest BCUT2D eigenvalue weighted by atomic mass is 9.91. The largest absolute Gasteiger partial charge is 0.381 e. The first-order valence-corrected chi connectivity index (χ1v) is 8.26. The summed E-state index contributed by atoms with van der Waals surface area (Å²) in [6, 6.07) is -0.516. The number of amides is 2. The molecule has 0 saturated carbocycles. The van der Waals surface area contributed by atoms with Crippen molar-refractivity contribution in [1.82, 2.24) is 20.8 Å². The summed E-state index contributed by atoms with van der Waals surface area (Å²) in [4.78, 5) is 16.5.